The van der Waals surface area contributed by atoms with E-state index in [9.17, 15) is 8.78 Å². The summed E-state index contributed by atoms with van der Waals surface area (Å²) < 4.78 is 26.9. The first-order chi connectivity index (χ1) is 8.13. The molecule has 0 atom stereocenters. The molecular weight excluding hydrogens is 414 g/mol. The second-order valence-corrected chi connectivity index (χ2v) is 3.53. The molecule has 2 aromatic rings. The van der Waals surface area contributed by atoms with Crippen LogP contribution in [0.3, 0.4) is 0 Å². The first kappa shape index (κ1) is 14.4. The van der Waals surface area contributed by atoms with E-state index < -0.39 is 17.2 Å². The quantitative estimate of drug-likeness (QED) is 0.664. The Morgan fingerprint density at radius 3 is 2.72 bits per heavy atom. The summed E-state index contributed by atoms with van der Waals surface area (Å²) in [5.41, 5.74) is 0.623. The van der Waals surface area contributed by atoms with Crippen molar-refractivity contribution >= 4 is 0 Å². The van der Waals surface area contributed by atoms with Crippen molar-refractivity contribution in [3.8, 4) is 17.3 Å². The molecule has 5 heteroatoms. The van der Waals surface area contributed by atoms with Crippen molar-refractivity contribution in [2.75, 3.05) is 0 Å². The van der Waals surface area contributed by atoms with Gasteiger partial charge in [-0.05, 0) is 18.7 Å². The van der Waals surface area contributed by atoms with Crippen molar-refractivity contribution in [1.29, 1.82) is 5.26 Å². The van der Waals surface area contributed by atoms with Crippen molar-refractivity contribution in [2.45, 2.75) is 6.92 Å². The van der Waals surface area contributed by atoms with Gasteiger partial charge in [-0.2, -0.15) is 5.26 Å². The van der Waals surface area contributed by atoms with Gasteiger partial charge in [-0.3, -0.25) is 8.78 Å². The van der Waals surface area contributed by atoms with Crippen LogP contribution in [0.4, 0.5) is 8.78 Å². The average Bonchev–Trinajstić information content (AvgIpc) is 2.29. The van der Waals surface area contributed by atoms with Gasteiger partial charge in [-0.15, -0.1) is 12.1 Å². The first-order valence-corrected chi connectivity index (χ1v) is 4.86. The largest absolute Gasteiger partial charge is 0.305 e. The summed E-state index contributed by atoms with van der Waals surface area (Å²) in [7, 11) is 0. The van der Waals surface area contributed by atoms with Crippen LogP contribution in [0.5, 0.6) is 0 Å². The second-order valence-electron chi connectivity index (χ2n) is 3.53. The Morgan fingerprint density at radius 1 is 1.39 bits per heavy atom. The molecule has 0 unspecified atom stereocenters. The van der Waals surface area contributed by atoms with E-state index >= 15 is 0 Å². The smallest absolute Gasteiger partial charge is 0.0848 e. The van der Waals surface area contributed by atoms with Crippen LogP contribution in [0.25, 0.3) is 11.3 Å². The van der Waals surface area contributed by atoms with Gasteiger partial charge in [-0.1, -0.05) is 17.2 Å². The monoisotopic (exact) mass is 422 g/mol. The fourth-order valence-corrected chi connectivity index (χ4v) is 1.46. The van der Waals surface area contributed by atoms with Gasteiger partial charge in [0.05, 0.1) is 17.7 Å². The minimum absolute atomic E-state index is 0. The van der Waals surface area contributed by atoms with Gasteiger partial charge < -0.3 is 4.98 Å². The summed E-state index contributed by atoms with van der Waals surface area (Å²) in [6.07, 6.45) is 1.52. The maximum Gasteiger partial charge on any atom is 0.0848 e. The molecule has 0 saturated heterocycles. The molecule has 1 aromatic carbocycles. The summed E-state index contributed by atoms with van der Waals surface area (Å²) in [5, 5.41) is 8.66. The zero-order chi connectivity index (χ0) is 12.4. The normalized spacial score (nSPS) is 9.44. The van der Waals surface area contributed by atoms with Crippen molar-refractivity contribution < 1.29 is 28.9 Å². The molecule has 1 heterocycles. The number of pyridine rings is 1. The van der Waals surface area contributed by atoms with Crippen LogP contribution in [0.15, 0.2) is 24.4 Å². The molecule has 0 N–H and O–H groups in total. The summed E-state index contributed by atoms with van der Waals surface area (Å²) in [4.78, 5) is 3.97. The van der Waals surface area contributed by atoms with Crippen molar-refractivity contribution in [3.05, 3.63) is 53.2 Å². The van der Waals surface area contributed by atoms with Crippen LogP contribution >= 0.6 is 0 Å². The second kappa shape index (κ2) is 5.81. The minimum Gasteiger partial charge on any atom is -0.305 e. The van der Waals surface area contributed by atoms with Gasteiger partial charge >= 0.3 is 0 Å². The fourth-order valence-electron chi connectivity index (χ4n) is 1.46. The summed E-state index contributed by atoms with van der Waals surface area (Å²) in [5.74, 6) is -1.84. The number of halogens is 2. The molecule has 0 aliphatic carbocycles. The Kier molecular flexibility index (Phi) is 4.66. The van der Waals surface area contributed by atoms with Crippen LogP contribution in [-0.4, -0.2) is 4.98 Å². The van der Waals surface area contributed by atoms with Crippen LogP contribution in [-0.2, 0) is 20.1 Å². The standard InChI is InChI=1S/C13H7F2N2.Ir/c1-8-4-5-17-12(6-8)9-2-3-11(14)10(7-16)13(9)15;/h3-6H,1H3;/q-1;. The summed E-state index contributed by atoms with van der Waals surface area (Å²) in [6, 6.07) is 8.30. The predicted octanol–water partition coefficient (Wildman–Crippen LogP) is 3.00. The number of hydrogen-bond donors (Lipinski definition) is 0. The van der Waals surface area contributed by atoms with Gasteiger partial charge in [0.15, 0.2) is 0 Å². The average molecular weight is 421 g/mol. The molecule has 1 radical (unpaired) electrons. The molecule has 0 amide bonds. The molecule has 0 saturated carbocycles. The van der Waals surface area contributed by atoms with Gasteiger partial charge in [0.25, 0.3) is 0 Å². The zero-order valence-corrected chi connectivity index (χ0v) is 11.7. The van der Waals surface area contributed by atoms with Crippen molar-refractivity contribution in [1.82, 2.24) is 4.98 Å². The summed E-state index contributed by atoms with van der Waals surface area (Å²) in [6.45, 7) is 1.83. The number of benzene rings is 1. The van der Waals surface area contributed by atoms with E-state index in [1.54, 1.807) is 12.1 Å². The molecule has 2 nitrogen and oxygen atoms in total. The maximum atomic E-state index is 13.8. The van der Waals surface area contributed by atoms with Gasteiger partial charge in [0.2, 0.25) is 0 Å². The van der Waals surface area contributed by atoms with E-state index in [2.05, 4.69) is 11.1 Å². The van der Waals surface area contributed by atoms with E-state index in [4.69, 9.17) is 5.26 Å². The number of aryl methyl sites for hydroxylation is 1. The van der Waals surface area contributed by atoms with Gasteiger partial charge in [0.1, 0.15) is 0 Å². The van der Waals surface area contributed by atoms with E-state index in [-0.39, 0.29) is 25.7 Å². The maximum absolute atomic E-state index is 13.8. The Labute approximate surface area is 117 Å². The van der Waals surface area contributed by atoms with Gasteiger partial charge in [-0.25, -0.2) is 0 Å². The van der Waals surface area contributed by atoms with Crippen LogP contribution in [0, 0.1) is 36.0 Å². The predicted molar refractivity (Wildman–Crippen MR) is 57.9 cm³/mol. The van der Waals surface area contributed by atoms with E-state index in [0.717, 1.165) is 11.6 Å². The zero-order valence-electron chi connectivity index (χ0n) is 9.29. The number of hydrogen-bond acceptors (Lipinski definition) is 2. The molecule has 2 rings (SSSR count). The van der Waals surface area contributed by atoms with Crippen LogP contribution in [0.2, 0.25) is 0 Å². The van der Waals surface area contributed by atoms with E-state index in [1.165, 1.54) is 12.3 Å². The number of nitrogens with zero attached hydrogens (tertiary/aromatic N) is 2. The van der Waals surface area contributed by atoms with Crippen molar-refractivity contribution in [3.63, 3.8) is 0 Å². The molecule has 93 valence electrons. The Morgan fingerprint density at radius 2 is 2.11 bits per heavy atom. The van der Waals surface area contributed by atoms with Gasteiger partial charge in [0, 0.05) is 31.9 Å². The fraction of sp³-hybridized carbons (Fsp3) is 0.0769. The summed E-state index contributed by atoms with van der Waals surface area (Å²) >= 11 is 0. The Balaban J connectivity index is 0.00000162. The Bertz CT molecular complexity index is 621. The minimum atomic E-state index is -0.925. The molecule has 1 aromatic heterocycles. The van der Waals surface area contributed by atoms with Crippen molar-refractivity contribution in [2.24, 2.45) is 0 Å². The van der Waals surface area contributed by atoms with Crippen LogP contribution in [0.1, 0.15) is 11.1 Å². The SMILES string of the molecule is Cc1ccnc(-c2[c-]cc(F)c(C#N)c2F)c1.[Ir]. The first-order valence-electron chi connectivity index (χ1n) is 4.86. The number of aromatic nitrogens is 1. The molecule has 0 spiro atoms. The third-order valence-electron chi connectivity index (χ3n) is 2.30. The molecular formula is C13H7F2IrN2-. The van der Waals surface area contributed by atoms with E-state index in [0.29, 0.717) is 5.69 Å². The number of nitriles is 1. The third kappa shape index (κ3) is 2.61. The molecule has 18 heavy (non-hydrogen) atoms. The van der Waals surface area contributed by atoms with Crippen LogP contribution < -0.4 is 0 Å². The number of rotatable bonds is 1. The molecule has 0 fully saturated rings. The third-order valence-corrected chi connectivity index (χ3v) is 2.30. The molecule has 0 bridgehead atoms. The topological polar surface area (TPSA) is 36.7 Å². The molecule has 0 aliphatic rings. The van der Waals surface area contributed by atoms with E-state index in [1.807, 2.05) is 6.92 Å². The Hall–Kier alpha value is -1.63. The molecule has 0 aliphatic heterocycles.